The number of pyridine rings is 1. The molecular formula is C10H10N2S. The third-order valence-electron chi connectivity index (χ3n) is 1.71. The van der Waals surface area contributed by atoms with Crippen LogP contribution in [0.3, 0.4) is 0 Å². The van der Waals surface area contributed by atoms with Gasteiger partial charge in [-0.15, -0.1) is 11.8 Å². The molecule has 0 unspecified atom stereocenters. The standard InChI is InChI=1S/C10H10N2S/c1-2-9(8-11-5-1)3-4-10-12-6-7-13-10/h1-5,8H,6-7H2/b4-3+. The van der Waals surface area contributed by atoms with E-state index in [0.717, 1.165) is 22.9 Å². The second kappa shape index (κ2) is 4.23. The fraction of sp³-hybridized carbons (Fsp3) is 0.200. The molecule has 0 aliphatic carbocycles. The van der Waals surface area contributed by atoms with E-state index in [4.69, 9.17) is 0 Å². The Bertz CT molecular complexity index is 330. The summed E-state index contributed by atoms with van der Waals surface area (Å²) in [6.45, 7) is 0.956. The van der Waals surface area contributed by atoms with Crippen molar-refractivity contribution in [2.24, 2.45) is 4.99 Å². The predicted octanol–water partition coefficient (Wildman–Crippen LogP) is 2.24. The molecule has 3 heteroatoms. The number of thioether (sulfide) groups is 1. The first-order valence-electron chi connectivity index (χ1n) is 4.20. The van der Waals surface area contributed by atoms with Crippen LogP contribution in [0.4, 0.5) is 0 Å². The van der Waals surface area contributed by atoms with E-state index in [-0.39, 0.29) is 0 Å². The van der Waals surface area contributed by atoms with Crippen LogP contribution in [0.1, 0.15) is 5.56 Å². The first-order chi connectivity index (χ1) is 6.45. The molecule has 13 heavy (non-hydrogen) atoms. The smallest absolute Gasteiger partial charge is 0.0905 e. The van der Waals surface area contributed by atoms with Crippen molar-refractivity contribution in [1.29, 1.82) is 0 Å². The van der Waals surface area contributed by atoms with Crippen molar-refractivity contribution in [3.8, 4) is 0 Å². The molecule has 0 saturated carbocycles. The Kier molecular flexibility index (Phi) is 2.77. The zero-order chi connectivity index (χ0) is 8.93. The van der Waals surface area contributed by atoms with Crippen molar-refractivity contribution < 1.29 is 0 Å². The fourth-order valence-electron chi connectivity index (χ4n) is 1.09. The molecule has 1 aromatic rings. The second-order valence-electron chi connectivity index (χ2n) is 2.69. The number of hydrogen-bond acceptors (Lipinski definition) is 3. The Balaban J connectivity index is 2.05. The van der Waals surface area contributed by atoms with Gasteiger partial charge in [0.15, 0.2) is 0 Å². The van der Waals surface area contributed by atoms with Crippen LogP contribution >= 0.6 is 11.8 Å². The monoisotopic (exact) mass is 190 g/mol. The van der Waals surface area contributed by atoms with E-state index in [9.17, 15) is 0 Å². The van der Waals surface area contributed by atoms with Gasteiger partial charge in [0.25, 0.3) is 0 Å². The number of aromatic nitrogens is 1. The van der Waals surface area contributed by atoms with E-state index < -0.39 is 0 Å². The van der Waals surface area contributed by atoms with Crippen LogP contribution in [0, 0.1) is 0 Å². The van der Waals surface area contributed by atoms with Crippen molar-refractivity contribution in [2.45, 2.75) is 0 Å². The van der Waals surface area contributed by atoms with Crippen molar-refractivity contribution in [1.82, 2.24) is 4.98 Å². The lowest BCUT2D eigenvalue weighted by molar-refractivity contribution is 1.18. The fourth-order valence-corrected chi connectivity index (χ4v) is 1.83. The third-order valence-corrected chi connectivity index (χ3v) is 2.66. The van der Waals surface area contributed by atoms with Gasteiger partial charge in [-0.2, -0.15) is 0 Å². The number of nitrogens with zero attached hydrogens (tertiary/aromatic N) is 2. The molecule has 0 atom stereocenters. The van der Waals surface area contributed by atoms with Crippen molar-refractivity contribution >= 4 is 22.9 Å². The normalized spacial score (nSPS) is 16.5. The minimum atomic E-state index is 0.956. The molecule has 0 saturated heterocycles. The summed E-state index contributed by atoms with van der Waals surface area (Å²) in [5, 5.41) is 1.13. The summed E-state index contributed by atoms with van der Waals surface area (Å²) in [6.07, 6.45) is 7.72. The minimum absolute atomic E-state index is 0.956. The lowest BCUT2D eigenvalue weighted by Gasteiger charge is -1.90. The average molecular weight is 190 g/mol. The van der Waals surface area contributed by atoms with Crippen LogP contribution in [-0.4, -0.2) is 22.3 Å². The molecule has 0 N–H and O–H groups in total. The molecule has 0 aromatic carbocycles. The molecule has 66 valence electrons. The van der Waals surface area contributed by atoms with Gasteiger partial charge in [0.1, 0.15) is 0 Å². The highest BCUT2D eigenvalue weighted by Gasteiger charge is 2.01. The summed E-state index contributed by atoms with van der Waals surface area (Å²) >= 11 is 1.80. The summed E-state index contributed by atoms with van der Waals surface area (Å²) < 4.78 is 0. The van der Waals surface area contributed by atoms with Crippen molar-refractivity contribution in [2.75, 3.05) is 12.3 Å². The summed E-state index contributed by atoms with van der Waals surface area (Å²) in [6, 6.07) is 3.97. The molecule has 1 aliphatic rings. The third kappa shape index (κ3) is 2.42. The van der Waals surface area contributed by atoms with Gasteiger partial charge in [0, 0.05) is 24.7 Å². The summed E-state index contributed by atoms with van der Waals surface area (Å²) in [5.74, 6) is 1.12. The van der Waals surface area contributed by atoms with E-state index in [1.165, 1.54) is 0 Å². The Labute approximate surface area is 81.8 Å². The van der Waals surface area contributed by atoms with Crippen LogP contribution in [0.15, 0.2) is 35.6 Å². The molecule has 1 aliphatic heterocycles. The van der Waals surface area contributed by atoms with E-state index in [1.54, 1.807) is 18.0 Å². The predicted molar refractivity (Wildman–Crippen MR) is 58.0 cm³/mol. The van der Waals surface area contributed by atoms with Gasteiger partial charge in [0.05, 0.1) is 5.04 Å². The quantitative estimate of drug-likeness (QED) is 0.714. The number of rotatable bonds is 2. The van der Waals surface area contributed by atoms with Crippen LogP contribution in [0.5, 0.6) is 0 Å². The molecular weight excluding hydrogens is 180 g/mol. The molecule has 2 nitrogen and oxygen atoms in total. The Morgan fingerprint density at radius 3 is 3.08 bits per heavy atom. The number of hydrogen-bond donors (Lipinski definition) is 0. The zero-order valence-corrected chi connectivity index (χ0v) is 8.00. The molecule has 2 rings (SSSR count). The van der Waals surface area contributed by atoms with Crippen LogP contribution in [-0.2, 0) is 0 Å². The maximum atomic E-state index is 4.32. The molecule has 0 radical (unpaired) electrons. The molecule has 1 aromatic heterocycles. The molecule has 0 spiro atoms. The lowest BCUT2D eigenvalue weighted by Crippen LogP contribution is -1.79. The van der Waals surface area contributed by atoms with Gasteiger partial charge in [0.2, 0.25) is 0 Å². The second-order valence-corrected chi connectivity index (χ2v) is 3.80. The van der Waals surface area contributed by atoms with E-state index in [2.05, 4.69) is 16.1 Å². The topological polar surface area (TPSA) is 25.2 Å². The first kappa shape index (κ1) is 8.51. The summed E-state index contributed by atoms with van der Waals surface area (Å²) in [4.78, 5) is 8.36. The highest BCUT2D eigenvalue weighted by atomic mass is 32.2. The van der Waals surface area contributed by atoms with Gasteiger partial charge in [-0.1, -0.05) is 12.1 Å². The van der Waals surface area contributed by atoms with E-state index in [0.29, 0.717) is 0 Å². The molecule has 0 amide bonds. The Morgan fingerprint density at radius 1 is 1.38 bits per heavy atom. The average Bonchev–Trinajstić information content (AvgIpc) is 2.69. The van der Waals surface area contributed by atoms with Gasteiger partial charge >= 0.3 is 0 Å². The highest BCUT2D eigenvalue weighted by Crippen LogP contribution is 2.13. The van der Waals surface area contributed by atoms with Gasteiger partial charge in [-0.25, -0.2) is 0 Å². The molecule has 0 bridgehead atoms. The van der Waals surface area contributed by atoms with Crippen molar-refractivity contribution in [3.05, 3.63) is 36.2 Å². The molecule has 2 heterocycles. The molecule has 0 fully saturated rings. The summed E-state index contributed by atoms with van der Waals surface area (Å²) in [5.41, 5.74) is 1.12. The van der Waals surface area contributed by atoms with Gasteiger partial charge in [-0.3, -0.25) is 9.98 Å². The van der Waals surface area contributed by atoms with Crippen molar-refractivity contribution in [3.63, 3.8) is 0 Å². The SMILES string of the molecule is C(=C\c1cccnc1)/C1=NCCS1. The minimum Gasteiger partial charge on any atom is -0.278 e. The van der Waals surface area contributed by atoms with Crippen LogP contribution < -0.4 is 0 Å². The van der Waals surface area contributed by atoms with Crippen LogP contribution in [0.25, 0.3) is 6.08 Å². The Hall–Kier alpha value is -1.09. The van der Waals surface area contributed by atoms with E-state index in [1.807, 2.05) is 24.4 Å². The van der Waals surface area contributed by atoms with Gasteiger partial charge < -0.3 is 0 Å². The summed E-state index contributed by atoms with van der Waals surface area (Å²) in [7, 11) is 0. The Morgan fingerprint density at radius 2 is 2.38 bits per heavy atom. The van der Waals surface area contributed by atoms with Crippen LogP contribution in [0.2, 0.25) is 0 Å². The largest absolute Gasteiger partial charge is 0.278 e. The first-order valence-corrected chi connectivity index (χ1v) is 5.19. The maximum Gasteiger partial charge on any atom is 0.0905 e. The number of aliphatic imine (C=N–C) groups is 1. The lowest BCUT2D eigenvalue weighted by atomic mass is 10.3. The maximum absolute atomic E-state index is 4.32. The highest BCUT2D eigenvalue weighted by molar-refractivity contribution is 8.14. The van der Waals surface area contributed by atoms with Gasteiger partial charge in [-0.05, 0) is 17.7 Å². The zero-order valence-electron chi connectivity index (χ0n) is 7.18. The van der Waals surface area contributed by atoms with E-state index >= 15 is 0 Å².